The molecule has 0 atom stereocenters. The summed E-state index contributed by atoms with van der Waals surface area (Å²) in [7, 11) is 0. The molecule has 13 heavy (non-hydrogen) atoms. The summed E-state index contributed by atoms with van der Waals surface area (Å²) in [6.07, 6.45) is 4.11. The van der Waals surface area contributed by atoms with Crippen molar-refractivity contribution in [1.29, 1.82) is 0 Å². The molecule has 70 valence electrons. The smallest absolute Gasteiger partial charge is 0.137 e. The Kier molecular flexibility index (Phi) is 3.96. The number of halogens is 2. The molecule has 0 amide bonds. The molecule has 1 aromatic rings. The summed E-state index contributed by atoms with van der Waals surface area (Å²) in [5.41, 5.74) is 0.929. The number of hydrogen-bond acceptors (Lipinski definition) is 1. The van der Waals surface area contributed by atoms with Gasteiger partial charge in [0.1, 0.15) is 5.82 Å². The zero-order chi connectivity index (χ0) is 9.68. The predicted octanol–water partition coefficient (Wildman–Crippen LogP) is 3.59. The van der Waals surface area contributed by atoms with Crippen molar-refractivity contribution in [2.45, 2.75) is 12.8 Å². The van der Waals surface area contributed by atoms with Gasteiger partial charge in [0.25, 0.3) is 0 Å². The molecule has 1 nitrogen and oxygen atoms in total. The van der Waals surface area contributed by atoms with E-state index in [0.717, 1.165) is 24.7 Å². The first-order chi connectivity index (χ1) is 6.24. The molecular weight excluding hydrogens is 235 g/mol. The number of hydrogen-bond donors (Lipinski definition) is 1. The normalized spacial score (nSPS) is 10.9. The minimum absolute atomic E-state index is 0.245. The summed E-state index contributed by atoms with van der Waals surface area (Å²) >= 11 is 3.08. The van der Waals surface area contributed by atoms with Gasteiger partial charge in [-0.05, 0) is 52.5 Å². The van der Waals surface area contributed by atoms with Crippen molar-refractivity contribution in [3.8, 4) is 0 Å². The summed E-state index contributed by atoms with van der Waals surface area (Å²) in [6.45, 7) is 0. The molecule has 0 aromatic heterocycles. The molecule has 0 spiro atoms. The van der Waals surface area contributed by atoms with Crippen molar-refractivity contribution in [3.63, 3.8) is 0 Å². The molecule has 0 heterocycles. The van der Waals surface area contributed by atoms with E-state index in [0.29, 0.717) is 4.47 Å². The lowest BCUT2D eigenvalue weighted by Gasteiger charge is -1.99. The minimum Gasteiger partial charge on any atom is -0.516 e. The lowest BCUT2D eigenvalue weighted by atomic mass is 10.1. The van der Waals surface area contributed by atoms with Crippen LogP contribution in [-0.4, -0.2) is 5.11 Å². The monoisotopic (exact) mass is 244 g/mol. The predicted molar refractivity (Wildman–Crippen MR) is 54.2 cm³/mol. The Morgan fingerprint density at radius 1 is 1.46 bits per heavy atom. The Bertz CT molecular complexity index is 310. The number of benzene rings is 1. The lowest BCUT2D eigenvalue weighted by molar-refractivity contribution is 0.470. The van der Waals surface area contributed by atoms with Crippen LogP contribution in [0.5, 0.6) is 0 Å². The van der Waals surface area contributed by atoms with Gasteiger partial charge in [-0.15, -0.1) is 0 Å². The zero-order valence-electron chi connectivity index (χ0n) is 7.00. The Morgan fingerprint density at radius 3 is 2.85 bits per heavy atom. The molecule has 0 unspecified atom stereocenters. The van der Waals surface area contributed by atoms with Crippen molar-refractivity contribution >= 4 is 15.9 Å². The van der Waals surface area contributed by atoms with Crippen LogP contribution < -0.4 is 0 Å². The highest BCUT2D eigenvalue weighted by Crippen LogP contribution is 2.17. The van der Waals surface area contributed by atoms with Gasteiger partial charge in [0.05, 0.1) is 10.7 Å². The lowest BCUT2D eigenvalue weighted by Crippen LogP contribution is -1.86. The van der Waals surface area contributed by atoms with Gasteiger partial charge >= 0.3 is 0 Å². The summed E-state index contributed by atoms with van der Waals surface area (Å²) in [6, 6.07) is 5.04. The van der Waals surface area contributed by atoms with E-state index in [9.17, 15) is 4.39 Å². The number of rotatable bonds is 3. The molecular formula is C10H10BrFO. The summed E-state index contributed by atoms with van der Waals surface area (Å²) < 4.78 is 13.5. The third kappa shape index (κ3) is 3.19. The molecule has 0 fully saturated rings. The van der Waals surface area contributed by atoms with E-state index in [2.05, 4.69) is 15.9 Å². The van der Waals surface area contributed by atoms with Crippen LogP contribution in [0.25, 0.3) is 0 Å². The molecule has 0 radical (unpaired) electrons. The summed E-state index contributed by atoms with van der Waals surface area (Å²) in [4.78, 5) is 0. The van der Waals surface area contributed by atoms with Gasteiger partial charge in [0.2, 0.25) is 0 Å². The van der Waals surface area contributed by atoms with Crippen LogP contribution in [0.15, 0.2) is 35.0 Å². The van der Waals surface area contributed by atoms with Crippen LogP contribution in [0.2, 0.25) is 0 Å². The summed E-state index contributed by atoms with van der Waals surface area (Å²) in [5, 5.41) is 8.38. The Balaban J connectivity index is 2.63. The number of aryl methyl sites for hydroxylation is 1. The molecule has 0 saturated carbocycles. The van der Waals surface area contributed by atoms with Crippen molar-refractivity contribution in [3.05, 3.63) is 46.4 Å². The van der Waals surface area contributed by atoms with E-state index in [1.54, 1.807) is 12.1 Å². The molecule has 0 aliphatic heterocycles. The van der Waals surface area contributed by atoms with Crippen molar-refractivity contribution < 1.29 is 9.50 Å². The first-order valence-corrected chi connectivity index (χ1v) is 4.76. The van der Waals surface area contributed by atoms with E-state index < -0.39 is 0 Å². The molecule has 3 heteroatoms. The first kappa shape index (κ1) is 10.3. The van der Waals surface area contributed by atoms with E-state index in [1.807, 2.05) is 6.07 Å². The van der Waals surface area contributed by atoms with Crippen molar-refractivity contribution in [2.24, 2.45) is 0 Å². The van der Waals surface area contributed by atoms with Gasteiger partial charge in [-0.25, -0.2) is 4.39 Å². The SMILES string of the molecule is OC=CCCc1ccc(Br)c(F)c1. The van der Waals surface area contributed by atoms with Crippen LogP contribution in [0, 0.1) is 5.82 Å². The van der Waals surface area contributed by atoms with E-state index >= 15 is 0 Å². The van der Waals surface area contributed by atoms with Crippen LogP contribution >= 0.6 is 15.9 Å². The van der Waals surface area contributed by atoms with Gasteiger partial charge in [-0.2, -0.15) is 0 Å². The largest absolute Gasteiger partial charge is 0.516 e. The molecule has 0 aliphatic carbocycles. The van der Waals surface area contributed by atoms with Gasteiger partial charge in [-0.3, -0.25) is 0 Å². The number of aliphatic hydroxyl groups is 1. The Labute approximate surface area is 85.0 Å². The quantitative estimate of drug-likeness (QED) is 0.806. The summed E-state index contributed by atoms with van der Waals surface area (Å²) in [5.74, 6) is -0.245. The first-order valence-electron chi connectivity index (χ1n) is 3.97. The van der Waals surface area contributed by atoms with Crippen LogP contribution in [0.1, 0.15) is 12.0 Å². The maximum Gasteiger partial charge on any atom is 0.137 e. The van der Waals surface area contributed by atoms with E-state index in [4.69, 9.17) is 5.11 Å². The third-order valence-corrected chi connectivity index (χ3v) is 2.33. The molecule has 0 bridgehead atoms. The second-order valence-corrected chi connectivity index (χ2v) is 3.53. The van der Waals surface area contributed by atoms with Crippen LogP contribution in [0.3, 0.4) is 0 Å². The van der Waals surface area contributed by atoms with E-state index in [-0.39, 0.29) is 5.82 Å². The van der Waals surface area contributed by atoms with Crippen molar-refractivity contribution in [1.82, 2.24) is 0 Å². The van der Waals surface area contributed by atoms with Gasteiger partial charge in [0, 0.05) is 0 Å². The Morgan fingerprint density at radius 2 is 2.23 bits per heavy atom. The maximum absolute atomic E-state index is 13.0. The standard InChI is InChI=1S/C10H10BrFO/c11-9-5-4-8(7-10(9)12)3-1-2-6-13/h2,4-7,13H,1,3H2. The molecule has 0 saturated heterocycles. The topological polar surface area (TPSA) is 20.2 Å². The maximum atomic E-state index is 13.0. The van der Waals surface area contributed by atoms with Gasteiger partial charge < -0.3 is 5.11 Å². The van der Waals surface area contributed by atoms with Crippen LogP contribution in [-0.2, 0) is 6.42 Å². The van der Waals surface area contributed by atoms with Gasteiger partial charge in [-0.1, -0.05) is 6.07 Å². The minimum atomic E-state index is -0.245. The fourth-order valence-electron chi connectivity index (χ4n) is 1.02. The van der Waals surface area contributed by atoms with E-state index in [1.165, 1.54) is 6.07 Å². The van der Waals surface area contributed by atoms with Gasteiger partial charge in [0.15, 0.2) is 0 Å². The second kappa shape index (κ2) is 5.02. The average molecular weight is 245 g/mol. The third-order valence-electron chi connectivity index (χ3n) is 1.69. The fraction of sp³-hybridized carbons (Fsp3) is 0.200. The molecule has 1 aromatic carbocycles. The zero-order valence-corrected chi connectivity index (χ0v) is 8.59. The molecule has 1 N–H and O–H groups in total. The van der Waals surface area contributed by atoms with Crippen LogP contribution in [0.4, 0.5) is 4.39 Å². The molecule has 0 aliphatic rings. The highest BCUT2D eigenvalue weighted by molar-refractivity contribution is 9.10. The fourth-order valence-corrected chi connectivity index (χ4v) is 1.27. The molecule has 1 rings (SSSR count). The average Bonchev–Trinajstić information content (AvgIpc) is 2.12. The second-order valence-electron chi connectivity index (χ2n) is 2.67. The van der Waals surface area contributed by atoms with Crippen molar-refractivity contribution in [2.75, 3.05) is 0 Å². The number of allylic oxidation sites excluding steroid dienone is 1. The highest BCUT2D eigenvalue weighted by atomic mass is 79.9. The Hall–Kier alpha value is -0.830. The number of aliphatic hydroxyl groups excluding tert-OH is 1. The highest BCUT2D eigenvalue weighted by Gasteiger charge is 1.99.